The van der Waals surface area contributed by atoms with Gasteiger partial charge in [-0.15, -0.1) is 0 Å². The lowest BCUT2D eigenvalue weighted by Gasteiger charge is -2.24. The molecule has 3 heteroatoms. The van der Waals surface area contributed by atoms with Crippen molar-refractivity contribution in [2.45, 2.75) is 25.7 Å². The summed E-state index contributed by atoms with van der Waals surface area (Å²) >= 11 is 0. The Bertz CT molecular complexity index is 137. The van der Waals surface area contributed by atoms with Gasteiger partial charge in [-0.2, -0.15) is 0 Å². The van der Waals surface area contributed by atoms with Crippen LogP contribution in [-0.4, -0.2) is 31.2 Å². The first-order valence-electron chi connectivity index (χ1n) is 4.48. The van der Waals surface area contributed by atoms with Crippen LogP contribution >= 0.6 is 0 Å². The molecule has 12 heavy (non-hydrogen) atoms. The maximum Gasteiger partial charge on any atom is 0.126 e. The summed E-state index contributed by atoms with van der Waals surface area (Å²) in [6.07, 6.45) is 4.13. The van der Waals surface area contributed by atoms with Gasteiger partial charge in [-0.1, -0.05) is 0 Å². The van der Waals surface area contributed by atoms with E-state index in [0.717, 1.165) is 32.2 Å². The van der Waals surface area contributed by atoms with E-state index >= 15 is 0 Å². The molecule has 0 aromatic heterocycles. The molecule has 1 saturated heterocycles. The molecular weight excluding hydrogens is 156 g/mol. The van der Waals surface area contributed by atoms with Crippen LogP contribution in [0, 0.1) is 5.41 Å². The minimum Gasteiger partial charge on any atom is -0.396 e. The first-order valence-corrected chi connectivity index (χ1v) is 4.48. The number of aldehydes is 1. The van der Waals surface area contributed by atoms with Gasteiger partial charge in [0, 0.05) is 25.2 Å². The van der Waals surface area contributed by atoms with Crippen LogP contribution in [0.3, 0.4) is 0 Å². The van der Waals surface area contributed by atoms with Crippen LogP contribution in [-0.2, 0) is 9.53 Å². The van der Waals surface area contributed by atoms with Gasteiger partial charge in [0.1, 0.15) is 6.29 Å². The van der Waals surface area contributed by atoms with Crippen LogP contribution in [0.1, 0.15) is 25.7 Å². The van der Waals surface area contributed by atoms with Crippen molar-refractivity contribution in [3.05, 3.63) is 0 Å². The van der Waals surface area contributed by atoms with Crippen molar-refractivity contribution in [2.75, 3.05) is 19.8 Å². The number of carbonyl (C=O) groups is 1. The third-order valence-corrected chi connectivity index (χ3v) is 2.57. The fourth-order valence-corrected chi connectivity index (χ4v) is 1.68. The number of carbonyl (C=O) groups excluding carboxylic acids is 1. The quantitative estimate of drug-likeness (QED) is 0.639. The van der Waals surface area contributed by atoms with Gasteiger partial charge in [0.25, 0.3) is 0 Å². The molecule has 0 bridgehead atoms. The Labute approximate surface area is 72.7 Å². The highest BCUT2D eigenvalue weighted by Gasteiger charge is 2.29. The summed E-state index contributed by atoms with van der Waals surface area (Å²) in [4.78, 5) is 10.9. The van der Waals surface area contributed by atoms with Gasteiger partial charge in [0.2, 0.25) is 0 Å². The summed E-state index contributed by atoms with van der Waals surface area (Å²) in [5, 5.41) is 8.81. The Hall–Kier alpha value is -0.410. The summed E-state index contributed by atoms with van der Waals surface area (Å²) in [6.45, 7) is 1.50. The Balaban J connectivity index is 2.54. The second-order valence-corrected chi connectivity index (χ2v) is 3.42. The third kappa shape index (κ3) is 2.29. The molecule has 1 aliphatic rings. The molecule has 1 N–H and O–H groups in total. The van der Waals surface area contributed by atoms with Gasteiger partial charge >= 0.3 is 0 Å². The monoisotopic (exact) mass is 172 g/mol. The predicted octanol–water partition coefficient (Wildman–Crippen LogP) is 0.755. The minimum absolute atomic E-state index is 0.0960. The highest BCUT2D eigenvalue weighted by Crippen LogP contribution is 2.31. The molecule has 0 saturated carbocycles. The summed E-state index contributed by atoms with van der Waals surface area (Å²) in [7, 11) is 0. The Morgan fingerprint density at radius 3 is 2.92 bits per heavy atom. The van der Waals surface area contributed by atoms with Crippen molar-refractivity contribution in [3.8, 4) is 0 Å². The van der Waals surface area contributed by atoms with E-state index in [1.165, 1.54) is 0 Å². The average Bonchev–Trinajstić information content (AvgIpc) is 2.32. The van der Waals surface area contributed by atoms with E-state index in [1.807, 2.05) is 0 Å². The lowest BCUT2D eigenvalue weighted by molar-refractivity contribution is -0.117. The second kappa shape index (κ2) is 4.58. The van der Waals surface area contributed by atoms with E-state index in [-0.39, 0.29) is 12.0 Å². The summed E-state index contributed by atoms with van der Waals surface area (Å²) < 4.78 is 5.26. The van der Waals surface area contributed by atoms with Gasteiger partial charge in [-0.05, 0) is 25.7 Å². The standard InChI is InChI=1S/C9H16O3/c10-5-3-9(8-11)2-1-6-12-7-4-9/h8,10H,1-7H2. The molecule has 0 aromatic rings. The molecule has 0 aliphatic carbocycles. The average molecular weight is 172 g/mol. The van der Waals surface area contributed by atoms with Gasteiger partial charge in [-0.3, -0.25) is 0 Å². The lowest BCUT2D eigenvalue weighted by Crippen LogP contribution is -2.24. The molecule has 1 rings (SSSR count). The van der Waals surface area contributed by atoms with E-state index < -0.39 is 0 Å². The van der Waals surface area contributed by atoms with Crippen molar-refractivity contribution >= 4 is 6.29 Å². The van der Waals surface area contributed by atoms with Crippen molar-refractivity contribution in [1.29, 1.82) is 0 Å². The van der Waals surface area contributed by atoms with Crippen molar-refractivity contribution in [1.82, 2.24) is 0 Å². The lowest BCUT2D eigenvalue weighted by atomic mass is 9.79. The normalized spacial score (nSPS) is 31.1. The van der Waals surface area contributed by atoms with Gasteiger partial charge in [0.05, 0.1) is 0 Å². The SMILES string of the molecule is O=CC1(CCO)CCCOCC1. The molecule has 0 radical (unpaired) electrons. The molecule has 1 atom stereocenters. The highest BCUT2D eigenvalue weighted by molar-refractivity contribution is 5.59. The molecular formula is C9H16O3. The first-order chi connectivity index (χ1) is 5.83. The fourth-order valence-electron chi connectivity index (χ4n) is 1.68. The first kappa shape index (κ1) is 9.68. The van der Waals surface area contributed by atoms with Crippen LogP contribution in [0.5, 0.6) is 0 Å². The molecule has 1 unspecified atom stereocenters. The van der Waals surface area contributed by atoms with Crippen LogP contribution in [0.25, 0.3) is 0 Å². The molecule has 0 aromatic carbocycles. The molecule has 3 nitrogen and oxygen atoms in total. The molecule has 70 valence electrons. The Morgan fingerprint density at radius 1 is 1.42 bits per heavy atom. The Morgan fingerprint density at radius 2 is 2.25 bits per heavy atom. The minimum atomic E-state index is -0.300. The molecule has 1 aliphatic heterocycles. The zero-order valence-electron chi connectivity index (χ0n) is 7.29. The molecule has 1 heterocycles. The predicted molar refractivity (Wildman–Crippen MR) is 44.9 cm³/mol. The van der Waals surface area contributed by atoms with Gasteiger partial charge < -0.3 is 14.6 Å². The number of hydrogen-bond acceptors (Lipinski definition) is 3. The zero-order valence-corrected chi connectivity index (χ0v) is 7.29. The van der Waals surface area contributed by atoms with E-state index in [4.69, 9.17) is 9.84 Å². The third-order valence-electron chi connectivity index (χ3n) is 2.57. The number of aliphatic hydroxyl groups is 1. The van der Waals surface area contributed by atoms with Gasteiger partial charge in [0.15, 0.2) is 0 Å². The molecule has 1 fully saturated rings. The van der Waals surface area contributed by atoms with Crippen LogP contribution in [0.15, 0.2) is 0 Å². The summed E-state index contributed by atoms with van der Waals surface area (Å²) in [5.74, 6) is 0. The molecule has 0 amide bonds. The van der Waals surface area contributed by atoms with E-state index in [9.17, 15) is 4.79 Å². The number of aliphatic hydroxyl groups excluding tert-OH is 1. The number of rotatable bonds is 3. The van der Waals surface area contributed by atoms with Crippen molar-refractivity contribution in [3.63, 3.8) is 0 Å². The van der Waals surface area contributed by atoms with Crippen molar-refractivity contribution < 1.29 is 14.6 Å². The maximum absolute atomic E-state index is 10.9. The zero-order chi connectivity index (χ0) is 8.86. The topological polar surface area (TPSA) is 46.5 Å². The summed E-state index contributed by atoms with van der Waals surface area (Å²) in [5.41, 5.74) is -0.300. The van der Waals surface area contributed by atoms with Crippen molar-refractivity contribution in [2.24, 2.45) is 5.41 Å². The highest BCUT2D eigenvalue weighted by atomic mass is 16.5. The number of ether oxygens (including phenoxy) is 1. The number of hydrogen-bond donors (Lipinski definition) is 1. The smallest absolute Gasteiger partial charge is 0.126 e. The fraction of sp³-hybridized carbons (Fsp3) is 0.889. The van der Waals surface area contributed by atoms with E-state index in [2.05, 4.69) is 0 Å². The van der Waals surface area contributed by atoms with Crippen LogP contribution < -0.4 is 0 Å². The van der Waals surface area contributed by atoms with E-state index in [0.29, 0.717) is 13.0 Å². The van der Waals surface area contributed by atoms with E-state index in [1.54, 1.807) is 0 Å². The maximum atomic E-state index is 10.9. The van der Waals surface area contributed by atoms with Gasteiger partial charge in [-0.25, -0.2) is 0 Å². The summed E-state index contributed by atoms with van der Waals surface area (Å²) in [6, 6.07) is 0. The second-order valence-electron chi connectivity index (χ2n) is 3.42. The van der Waals surface area contributed by atoms with Crippen LogP contribution in [0.2, 0.25) is 0 Å². The molecule has 0 spiro atoms. The largest absolute Gasteiger partial charge is 0.396 e. The Kier molecular flexibility index (Phi) is 3.69. The van der Waals surface area contributed by atoms with Crippen LogP contribution in [0.4, 0.5) is 0 Å².